The van der Waals surface area contributed by atoms with Crippen LogP contribution in [-0.2, 0) is 0 Å². The Bertz CT molecular complexity index is 701. The van der Waals surface area contributed by atoms with Gasteiger partial charge in [-0.3, -0.25) is 4.79 Å². The third kappa shape index (κ3) is 3.08. The van der Waals surface area contributed by atoms with Crippen LogP contribution < -0.4 is 10.6 Å². The van der Waals surface area contributed by atoms with Gasteiger partial charge in [0.15, 0.2) is 0 Å². The Morgan fingerprint density at radius 2 is 2.04 bits per heavy atom. The van der Waals surface area contributed by atoms with Crippen molar-refractivity contribution in [3.63, 3.8) is 0 Å². The topological polar surface area (TPSA) is 54.0 Å². The Morgan fingerprint density at radius 1 is 1.17 bits per heavy atom. The van der Waals surface area contributed by atoms with Crippen LogP contribution in [0, 0.1) is 5.92 Å². The molecule has 0 radical (unpaired) electrons. The molecular weight excluding hydrogens is 286 g/mol. The molecule has 0 spiro atoms. The smallest absolute Gasteiger partial charge is 0.269 e. The van der Waals surface area contributed by atoms with Crippen molar-refractivity contribution in [3.05, 3.63) is 42.1 Å². The predicted octanol–water partition coefficient (Wildman–Crippen LogP) is 2.89. The number of aromatic nitrogens is 1. The zero-order valence-electron chi connectivity index (χ0n) is 13.3. The monoisotopic (exact) mass is 309 g/mol. The second-order valence-electron chi connectivity index (χ2n) is 6.85. The first-order chi connectivity index (χ1) is 11.3. The van der Waals surface area contributed by atoms with Crippen LogP contribution in [0.5, 0.6) is 0 Å². The molecule has 2 heterocycles. The predicted molar refractivity (Wildman–Crippen MR) is 91.4 cm³/mol. The second-order valence-corrected chi connectivity index (χ2v) is 6.85. The van der Waals surface area contributed by atoms with Gasteiger partial charge in [0.25, 0.3) is 5.91 Å². The maximum Gasteiger partial charge on any atom is 0.269 e. The lowest BCUT2D eigenvalue weighted by atomic mass is 9.85. The Balaban J connectivity index is 1.37. The van der Waals surface area contributed by atoms with Crippen LogP contribution in [0.1, 0.15) is 42.6 Å². The summed E-state index contributed by atoms with van der Waals surface area (Å²) in [6, 6.07) is 12.7. The number of nitrogens with one attached hydrogen (secondary N) is 2. The molecule has 120 valence electrons. The van der Waals surface area contributed by atoms with Gasteiger partial charge in [0.2, 0.25) is 0 Å². The van der Waals surface area contributed by atoms with Crippen molar-refractivity contribution in [1.82, 2.24) is 15.6 Å². The molecular formula is C19H23N3O. The first kappa shape index (κ1) is 14.6. The normalized spacial score (nSPS) is 26.9. The number of amides is 1. The van der Waals surface area contributed by atoms with E-state index < -0.39 is 0 Å². The largest absolute Gasteiger partial charge is 0.349 e. The van der Waals surface area contributed by atoms with Gasteiger partial charge in [0, 0.05) is 24.0 Å². The fourth-order valence-corrected chi connectivity index (χ4v) is 4.09. The van der Waals surface area contributed by atoms with E-state index in [1.165, 1.54) is 32.1 Å². The third-order valence-corrected chi connectivity index (χ3v) is 5.29. The highest BCUT2D eigenvalue weighted by molar-refractivity contribution is 5.94. The van der Waals surface area contributed by atoms with E-state index in [0.29, 0.717) is 24.3 Å². The van der Waals surface area contributed by atoms with Gasteiger partial charge in [-0.25, -0.2) is 4.98 Å². The molecule has 23 heavy (non-hydrogen) atoms. The van der Waals surface area contributed by atoms with Gasteiger partial charge in [-0.1, -0.05) is 37.1 Å². The molecule has 1 aromatic heterocycles. The molecule has 2 aromatic rings. The molecule has 2 aliphatic rings. The quantitative estimate of drug-likeness (QED) is 0.916. The van der Waals surface area contributed by atoms with Crippen LogP contribution >= 0.6 is 0 Å². The minimum Gasteiger partial charge on any atom is -0.349 e. The molecule has 1 saturated heterocycles. The van der Waals surface area contributed by atoms with E-state index in [0.717, 1.165) is 16.8 Å². The van der Waals surface area contributed by atoms with Gasteiger partial charge in [0.05, 0.1) is 5.52 Å². The van der Waals surface area contributed by atoms with E-state index in [2.05, 4.69) is 15.6 Å². The van der Waals surface area contributed by atoms with Crippen LogP contribution in [0.4, 0.5) is 0 Å². The summed E-state index contributed by atoms with van der Waals surface area (Å²) in [6.07, 6.45) is 6.53. The molecule has 4 rings (SSSR count). The third-order valence-electron chi connectivity index (χ3n) is 5.29. The van der Waals surface area contributed by atoms with Gasteiger partial charge in [-0.2, -0.15) is 0 Å². The van der Waals surface area contributed by atoms with E-state index in [9.17, 15) is 4.79 Å². The van der Waals surface area contributed by atoms with E-state index in [4.69, 9.17) is 0 Å². The average molecular weight is 309 g/mol. The zero-order chi connectivity index (χ0) is 15.6. The number of para-hydroxylation sites is 1. The van der Waals surface area contributed by atoms with Gasteiger partial charge in [-0.05, 0) is 37.3 Å². The summed E-state index contributed by atoms with van der Waals surface area (Å²) in [5, 5.41) is 7.81. The van der Waals surface area contributed by atoms with Crippen molar-refractivity contribution in [2.75, 3.05) is 6.54 Å². The first-order valence-electron chi connectivity index (χ1n) is 8.69. The number of fused-ring (bicyclic) bond motifs is 2. The summed E-state index contributed by atoms with van der Waals surface area (Å²) in [4.78, 5) is 16.8. The minimum absolute atomic E-state index is 0.0765. The van der Waals surface area contributed by atoms with Crippen molar-refractivity contribution in [2.45, 2.75) is 44.2 Å². The molecule has 0 bridgehead atoms. The first-order valence-corrected chi connectivity index (χ1v) is 8.69. The molecule has 1 saturated carbocycles. The highest BCUT2D eigenvalue weighted by Crippen LogP contribution is 2.32. The van der Waals surface area contributed by atoms with Gasteiger partial charge >= 0.3 is 0 Å². The minimum atomic E-state index is -0.0765. The van der Waals surface area contributed by atoms with Crippen LogP contribution in [-0.4, -0.2) is 29.5 Å². The van der Waals surface area contributed by atoms with E-state index in [-0.39, 0.29) is 5.91 Å². The SMILES string of the molecule is O=C(NC[C@@H]1C[C@@H]2CCCC[C@@H]2N1)c1ccc2ccccc2n1. The van der Waals surface area contributed by atoms with Gasteiger partial charge < -0.3 is 10.6 Å². The molecule has 3 atom stereocenters. The maximum atomic E-state index is 12.4. The van der Waals surface area contributed by atoms with E-state index in [1.807, 2.05) is 30.3 Å². The fraction of sp³-hybridized carbons (Fsp3) is 0.474. The highest BCUT2D eigenvalue weighted by Gasteiger charge is 2.34. The van der Waals surface area contributed by atoms with Crippen molar-refractivity contribution < 1.29 is 4.79 Å². The summed E-state index contributed by atoms with van der Waals surface area (Å²) in [7, 11) is 0. The summed E-state index contributed by atoms with van der Waals surface area (Å²) >= 11 is 0. The number of nitrogens with zero attached hydrogens (tertiary/aromatic N) is 1. The summed E-state index contributed by atoms with van der Waals surface area (Å²) < 4.78 is 0. The lowest BCUT2D eigenvalue weighted by molar-refractivity contribution is 0.0945. The number of carbonyl (C=O) groups excluding carboxylic acids is 1. The van der Waals surface area contributed by atoms with Crippen LogP contribution in [0.25, 0.3) is 10.9 Å². The van der Waals surface area contributed by atoms with E-state index >= 15 is 0 Å². The summed E-state index contributed by atoms with van der Waals surface area (Å²) in [5.74, 6) is 0.733. The zero-order valence-corrected chi connectivity index (χ0v) is 13.3. The molecule has 2 fully saturated rings. The number of hydrogen-bond donors (Lipinski definition) is 2. The summed E-state index contributed by atoms with van der Waals surface area (Å²) in [5.41, 5.74) is 1.37. The van der Waals surface area contributed by atoms with E-state index in [1.54, 1.807) is 6.07 Å². The number of rotatable bonds is 3. The molecule has 2 N–H and O–H groups in total. The van der Waals surface area contributed by atoms with Crippen LogP contribution in [0.15, 0.2) is 36.4 Å². The molecule has 4 nitrogen and oxygen atoms in total. The molecule has 1 aliphatic heterocycles. The Labute approximate surface area is 136 Å². The molecule has 1 aliphatic carbocycles. The van der Waals surface area contributed by atoms with Crippen LogP contribution in [0.3, 0.4) is 0 Å². The van der Waals surface area contributed by atoms with Crippen molar-refractivity contribution in [3.8, 4) is 0 Å². The molecule has 0 unspecified atom stereocenters. The summed E-state index contributed by atoms with van der Waals surface area (Å²) in [6.45, 7) is 0.695. The van der Waals surface area contributed by atoms with Gasteiger partial charge in [0.1, 0.15) is 5.69 Å². The standard InChI is InChI=1S/C19H23N3O/c23-19(18-10-9-13-5-1-3-7-16(13)22-18)20-12-15-11-14-6-2-4-8-17(14)21-15/h1,3,5,7,9-10,14-15,17,21H,2,4,6,8,11-12H2,(H,20,23)/t14-,15-,17-/m0/s1. The maximum absolute atomic E-state index is 12.4. The Hall–Kier alpha value is -1.94. The molecule has 4 heteroatoms. The van der Waals surface area contributed by atoms with Crippen molar-refractivity contribution in [1.29, 1.82) is 0 Å². The fourth-order valence-electron chi connectivity index (χ4n) is 4.09. The lowest BCUT2D eigenvalue weighted by Gasteiger charge is -2.24. The molecule has 1 aromatic carbocycles. The lowest BCUT2D eigenvalue weighted by Crippen LogP contribution is -2.40. The number of carbonyl (C=O) groups is 1. The molecule has 1 amide bonds. The number of pyridine rings is 1. The average Bonchev–Trinajstić information content (AvgIpc) is 3.02. The van der Waals surface area contributed by atoms with Crippen molar-refractivity contribution in [2.24, 2.45) is 5.92 Å². The second kappa shape index (κ2) is 6.28. The van der Waals surface area contributed by atoms with Gasteiger partial charge in [-0.15, -0.1) is 0 Å². The van der Waals surface area contributed by atoms with Crippen molar-refractivity contribution >= 4 is 16.8 Å². The Morgan fingerprint density at radius 3 is 2.96 bits per heavy atom. The van der Waals surface area contributed by atoms with Crippen LogP contribution in [0.2, 0.25) is 0 Å². The Kier molecular flexibility index (Phi) is 4.00. The number of benzene rings is 1. The highest BCUT2D eigenvalue weighted by atomic mass is 16.1. The number of hydrogen-bond acceptors (Lipinski definition) is 3.